The highest BCUT2D eigenvalue weighted by Gasteiger charge is 2.42. The van der Waals surface area contributed by atoms with E-state index in [0.717, 1.165) is 25.7 Å². The summed E-state index contributed by atoms with van der Waals surface area (Å²) in [5, 5.41) is 0.137. The molecule has 0 aliphatic carbocycles. The monoisotopic (exact) mass is 625 g/mol. The van der Waals surface area contributed by atoms with Crippen molar-refractivity contribution in [1.82, 2.24) is 0 Å². The molecule has 0 N–H and O–H groups in total. The van der Waals surface area contributed by atoms with Gasteiger partial charge in [0.1, 0.15) is 0 Å². The number of carbonyl (C=O) groups is 1. The van der Waals surface area contributed by atoms with Gasteiger partial charge in [-0.1, -0.05) is 195 Å². The molecule has 0 rings (SSSR count). The lowest BCUT2D eigenvalue weighted by Crippen LogP contribution is -2.47. The van der Waals surface area contributed by atoms with Gasteiger partial charge in [-0.05, 0) is 31.0 Å². The summed E-state index contributed by atoms with van der Waals surface area (Å²) in [7, 11) is -0.425. The largest absolute Gasteiger partial charge is 0.469 e. The van der Waals surface area contributed by atoms with E-state index in [1.165, 1.54) is 148 Å². The van der Waals surface area contributed by atoms with Gasteiger partial charge in [0, 0.05) is 0 Å². The first-order valence-electron chi connectivity index (χ1n) is 19.4. The summed E-state index contributed by atoms with van der Waals surface area (Å²) in [5.41, 5.74) is 0. The van der Waals surface area contributed by atoms with Gasteiger partial charge >= 0.3 is 5.97 Å². The third-order valence-corrected chi connectivity index (χ3v) is 14.7. The summed E-state index contributed by atoms with van der Waals surface area (Å²) in [6, 6.07) is 0. The third-order valence-electron chi connectivity index (χ3n) is 10.2. The molecule has 0 bridgehead atoms. The van der Waals surface area contributed by atoms with E-state index < -0.39 is 8.32 Å². The number of ether oxygens (including phenoxy) is 1. The minimum atomic E-state index is -1.99. The highest BCUT2D eigenvalue weighted by molar-refractivity contribution is 6.74. The quantitative estimate of drug-likeness (QED) is 0.0437. The van der Waals surface area contributed by atoms with Crippen LogP contribution in [0.5, 0.6) is 0 Å². The first-order chi connectivity index (χ1) is 20.6. The zero-order chi connectivity index (χ0) is 32.2. The van der Waals surface area contributed by atoms with Crippen molar-refractivity contribution in [2.24, 2.45) is 5.92 Å². The molecule has 0 spiro atoms. The van der Waals surface area contributed by atoms with Crippen molar-refractivity contribution in [3.05, 3.63) is 0 Å². The van der Waals surface area contributed by atoms with Gasteiger partial charge in [0.15, 0.2) is 8.32 Å². The van der Waals surface area contributed by atoms with E-state index in [1.54, 1.807) is 7.11 Å². The van der Waals surface area contributed by atoms with E-state index in [0.29, 0.717) is 0 Å². The highest BCUT2D eigenvalue weighted by Crippen LogP contribution is 2.39. The molecule has 0 aromatic rings. The molecule has 4 heteroatoms. The Bertz CT molecular complexity index is 612. The second-order valence-corrected chi connectivity index (χ2v) is 20.0. The molecule has 0 aromatic heterocycles. The molecule has 0 saturated heterocycles. The van der Waals surface area contributed by atoms with Crippen LogP contribution in [0.3, 0.4) is 0 Å². The van der Waals surface area contributed by atoms with Crippen molar-refractivity contribution in [1.29, 1.82) is 0 Å². The normalized spacial score (nSPS) is 13.8. The van der Waals surface area contributed by atoms with Crippen LogP contribution in [0.2, 0.25) is 18.1 Å². The SMILES string of the molecule is CCCCCCCCCCCCCCC[C@@H](O[Si](C)(C)C(C)(C)C)[C@H](CCCCCCCCCCCCCC)C(=O)OC. The van der Waals surface area contributed by atoms with E-state index in [-0.39, 0.29) is 23.0 Å². The molecular weight excluding hydrogens is 545 g/mol. The van der Waals surface area contributed by atoms with Gasteiger partial charge in [-0.3, -0.25) is 4.79 Å². The fraction of sp³-hybridized carbons (Fsp3) is 0.974. The Balaban J connectivity index is 4.57. The van der Waals surface area contributed by atoms with E-state index in [4.69, 9.17) is 9.16 Å². The van der Waals surface area contributed by atoms with Gasteiger partial charge in [-0.15, -0.1) is 0 Å². The summed E-state index contributed by atoms with van der Waals surface area (Å²) in [6.07, 6.45) is 35.7. The molecule has 0 unspecified atom stereocenters. The van der Waals surface area contributed by atoms with Crippen molar-refractivity contribution in [3.8, 4) is 0 Å². The zero-order valence-corrected chi connectivity index (χ0v) is 32.0. The Morgan fingerprint density at radius 1 is 0.535 bits per heavy atom. The summed E-state index contributed by atoms with van der Waals surface area (Å²) in [4.78, 5) is 13.1. The molecule has 2 atom stereocenters. The summed E-state index contributed by atoms with van der Waals surface area (Å²) >= 11 is 0. The van der Waals surface area contributed by atoms with Gasteiger partial charge < -0.3 is 9.16 Å². The number of unbranched alkanes of at least 4 members (excludes halogenated alkanes) is 23. The smallest absolute Gasteiger partial charge is 0.311 e. The average Bonchev–Trinajstić information content (AvgIpc) is 2.96. The Hall–Kier alpha value is -0.353. The maximum Gasteiger partial charge on any atom is 0.311 e. The Kier molecular flexibility index (Phi) is 27.7. The lowest BCUT2D eigenvalue weighted by molar-refractivity contribution is -0.149. The molecule has 0 aliphatic rings. The number of carbonyl (C=O) groups excluding carboxylic acids is 1. The maximum absolute atomic E-state index is 13.1. The molecule has 0 radical (unpaired) electrons. The molecule has 0 amide bonds. The number of rotatable bonds is 31. The second-order valence-electron chi connectivity index (χ2n) is 15.3. The van der Waals surface area contributed by atoms with E-state index in [1.807, 2.05) is 0 Å². The molecule has 258 valence electrons. The summed E-state index contributed by atoms with van der Waals surface area (Å²) in [5.74, 6) is -0.180. The van der Waals surface area contributed by atoms with Crippen molar-refractivity contribution >= 4 is 14.3 Å². The predicted octanol–water partition coefficient (Wildman–Crippen LogP) is 13.7. The highest BCUT2D eigenvalue weighted by atomic mass is 28.4. The Labute approximate surface area is 272 Å². The van der Waals surface area contributed by atoms with Crippen LogP contribution < -0.4 is 0 Å². The molecule has 43 heavy (non-hydrogen) atoms. The lowest BCUT2D eigenvalue weighted by atomic mass is 9.91. The van der Waals surface area contributed by atoms with Gasteiger partial charge in [-0.2, -0.15) is 0 Å². The molecule has 0 saturated carbocycles. The van der Waals surface area contributed by atoms with E-state index in [2.05, 4.69) is 47.7 Å². The van der Waals surface area contributed by atoms with Crippen molar-refractivity contribution in [3.63, 3.8) is 0 Å². The van der Waals surface area contributed by atoms with Crippen LogP contribution in [-0.2, 0) is 14.0 Å². The van der Waals surface area contributed by atoms with Crippen LogP contribution in [-0.4, -0.2) is 27.5 Å². The van der Waals surface area contributed by atoms with Crippen LogP contribution >= 0.6 is 0 Å². The van der Waals surface area contributed by atoms with E-state index in [9.17, 15) is 4.79 Å². The fourth-order valence-electron chi connectivity index (χ4n) is 6.07. The molecule has 0 fully saturated rings. The van der Waals surface area contributed by atoms with Crippen LogP contribution in [0.25, 0.3) is 0 Å². The van der Waals surface area contributed by atoms with Crippen molar-refractivity contribution in [2.45, 2.75) is 232 Å². The lowest BCUT2D eigenvalue weighted by Gasteiger charge is -2.41. The standard InChI is InChI=1S/C39H80O3Si/c1-9-11-13-15-17-19-21-23-25-27-29-31-33-35-37(42-43(7,8)39(3,4)5)36(38(40)41-6)34-32-30-28-26-24-22-20-18-16-14-12-10-2/h36-37H,9-35H2,1-8H3/t36-,37+/m0/s1. The number of methoxy groups -OCH3 is 1. The number of esters is 1. The number of hydrogen-bond acceptors (Lipinski definition) is 3. The maximum atomic E-state index is 13.1. The Morgan fingerprint density at radius 3 is 1.14 bits per heavy atom. The summed E-state index contributed by atoms with van der Waals surface area (Å²) < 4.78 is 12.4. The minimum Gasteiger partial charge on any atom is -0.469 e. The van der Waals surface area contributed by atoms with Crippen molar-refractivity contribution in [2.75, 3.05) is 7.11 Å². The van der Waals surface area contributed by atoms with Crippen molar-refractivity contribution < 1.29 is 14.0 Å². The Morgan fingerprint density at radius 2 is 0.837 bits per heavy atom. The predicted molar refractivity (Wildman–Crippen MR) is 194 cm³/mol. The van der Waals surface area contributed by atoms with E-state index >= 15 is 0 Å². The fourth-order valence-corrected chi connectivity index (χ4v) is 7.47. The molecule has 0 aliphatic heterocycles. The van der Waals surface area contributed by atoms with Gasteiger partial charge in [0.25, 0.3) is 0 Å². The van der Waals surface area contributed by atoms with Crippen LogP contribution in [0, 0.1) is 5.92 Å². The summed E-state index contributed by atoms with van der Waals surface area (Å²) in [6.45, 7) is 16.2. The topological polar surface area (TPSA) is 35.5 Å². The van der Waals surface area contributed by atoms with Crippen LogP contribution in [0.15, 0.2) is 0 Å². The minimum absolute atomic E-state index is 0.00578. The second kappa shape index (κ2) is 27.9. The van der Waals surface area contributed by atoms with Gasteiger partial charge in [0.2, 0.25) is 0 Å². The first kappa shape index (κ1) is 42.6. The molecule has 0 aromatic carbocycles. The molecule has 3 nitrogen and oxygen atoms in total. The first-order valence-corrected chi connectivity index (χ1v) is 22.3. The van der Waals surface area contributed by atoms with Crippen LogP contribution in [0.1, 0.15) is 208 Å². The molecule has 0 heterocycles. The zero-order valence-electron chi connectivity index (χ0n) is 31.0. The average molecular weight is 625 g/mol. The van der Waals surface area contributed by atoms with Gasteiger partial charge in [-0.25, -0.2) is 0 Å². The number of hydrogen-bond donors (Lipinski definition) is 0. The van der Waals surface area contributed by atoms with Gasteiger partial charge in [0.05, 0.1) is 19.1 Å². The molecular formula is C39H80O3Si. The third kappa shape index (κ3) is 23.6. The van der Waals surface area contributed by atoms with Crippen LogP contribution in [0.4, 0.5) is 0 Å².